The standard InChI is InChI=1S/C14H27N3O4/c1-14(2,3)21-13(19)17-7-4-5-11(9-17)16-6-8-20-10-12(15)18/h11,16H,4-10H2,1-3H3,(H2,15,18). The lowest BCUT2D eigenvalue weighted by molar-refractivity contribution is -0.122. The summed E-state index contributed by atoms with van der Waals surface area (Å²) in [6.07, 6.45) is 1.69. The van der Waals surface area contributed by atoms with Gasteiger partial charge in [0.15, 0.2) is 0 Å². The van der Waals surface area contributed by atoms with Crippen molar-refractivity contribution in [2.45, 2.75) is 45.3 Å². The zero-order valence-electron chi connectivity index (χ0n) is 13.2. The molecule has 0 saturated carbocycles. The predicted molar refractivity (Wildman–Crippen MR) is 78.8 cm³/mol. The molecular weight excluding hydrogens is 274 g/mol. The lowest BCUT2D eigenvalue weighted by Gasteiger charge is -2.34. The number of nitrogens with two attached hydrogens (primary N) is 1. The molecule has 0 aliphatic carbocycles. The highest BCUT2D eigenvalue weighted by Gasteiger charge is 2.27. The van der Waals surface area contributed by atoms with Gasteiger partial charge in [0.25, 0.3) is 0 Å². The van der Waals surface area contributed by atoms with Crippen LogP contribution in [0.25, 0.3) is 0 Å². The van der Waals surface area contributed by atoms with Crippen LogP contribution in [-0.2, 0) is 14.3 Å². The number of likely N-dealkylation sites (tertiary alicyclic amines) is 1. The first-order valence-electron chi connectivity index (χ1n) is 7.35. The molecule has 122 valence electrons. The van der Waals surface area contributed by atoms with Crippen LogP contribution in [0.5, 0.6) is 0 Å². The number of nitrogens with one attached hydrogen (secondary N) is 1. The Morgan fingerprint density at radius 3 is 2.71 bits per heavy atom. The Morgan fingerprint density at radius 1 is 1.38 bits per heavy atom. The maximum atomic E-state index is 12.0. The Hall–Kier alpha value is -1.34. The van der Waals surface area contributed by atoms with Crippen molar-refractivity contribution in [3.63, 3.8) is 0 Å². The molecule has 1 fully saturated rings. The Morgan fingerprint density at radius 2 is 2.10 bits per heavy atom. The van der Waals surface area contributed by atoms with E-state index in [2.05, 4.69) is 5.32 Å². The summed E-state index contributed by atoms with van der Waals surface area (Å²) in [6.45, 7) is 7.93. The third-order valence-corrected chi connectivity index (χ3v) is 3.00. The maximum Gasteiger partial charge on any atom is 0.410 e. The normalized spacial score (nSPS) is 19.4. The van der Waals surface area contributed by atoms with Gasteiger partial charge in [-0.2, -0.15) is 0 Å². The molecular formula is C14H27N3O4. The van der Waals surface area contributed by atoms with Gasteiger partial charge in [0, 0.05) is 25.7 Å². The van der Waals surface area contributed by atoms with E-state index in [9.17, 15) is 9.59 Å². The Kier molecular flexibility index (Phi) is 6.91. The molecule has 1 atom stereocenters. The Labute approximate surface area is 126 Å². The summed E-state index contributed by atoms with van der Waals surface area (Å²) in [7, 11) is 0. The second kappa shape index (κ2) is 8.19. The van der Waals surface area contributed by atoms with E-state index in [0.717, 1.165) is 19.4 Å². The first-order valence-corrected chi connectivity index (χ1v) is 7.35. The van der Waals surface area contributed by atoms with Gasteiger partial charge in [-0.05, 0) is 33.6 Å². The van der Waals surface area contributed by atoms with E-state index >= 15 is 0 Å². The van der Waals surface area contributed by atoms with E-state index in [0.29, 0.717) is 19.7 Å². The van der Waals surface area contributed by atoms with Crippen LogP contribution in [0.3, 0.4) is 0 Å². The molecule has 1 aliphatic heterocycles. The van der Waals surface area contributed by atoms with Crippen LogP contribution >= 0.6 is 0 Å². The molecule has 1 rings (SSSR count). The van der Waals surface area contributed by atoms with Crippen LogP contribution in [0.2, 0.25) is 0 Å². The summed E-state index contributed by atoms with van der Waals surface area (Å²) in [5, 5.41) is 3.32. The lowest BCUT2D eigenvalue weighted by Crippen LogP contribution is -2.49. The zero-order chi connectivity index (χ0) is 15.9. The van der Waals surface area contributed by atoms with Crippen molar-refractivity contribution in [3.8, 4) is 0 Å². The fraction of sp³-hybridized carbons (Fsp3) is 0.857. The van der Waals surface area contributed by atoms with Gasteiger partial charge in [-0.15, -0.1) is 0 Å². The Balaban J connectivity index is 2.25. The summed E-state index contributed by atoms with van der Waals surface area (Å²) >= 11 is 0. The van der Waals surface area contributed by atoms with E-state index in [-0.39, 0.29) is 18.7 Å². The molecule has 0 aromatic rings. The number of hydrogen-bond acceptors (Lipinski definition) is 5. The van der Waals surface area contributed by atoms with Crippen molar-refractivity contribution >= 4 is 12.0 Å². The van der Waals surface area contributed by atoms with Crippen LogP contribution < -0.4 is 11.1 Å². The number of carbonyl (C=O) groups excluding carboxylic acids is 2. The Bertz CT molecular complexity index is 355. The summed E-state index contributed by atoms with van der Waals surface area (Å²) < 4.78 is 10.5. The topological polar surface area (TPSA) is 93.9 Å². The van der Waals surface area contributed by atoms with Gasteiger partial charge in [-0.25, -0.2) is 4.79 Å². The number of amides is 2. The highest BCUT2D eigenvalue weighted by Crippen LogP contribution is 2.15. The third kappa shape index (κ3) is 7.87. The van der Waals surface area contributed by atoms with Gasteiger partial charge in [-0.3, -0.25) is 4.79 Å². The predicted octanol–water partition coefficient (Wildman–Crippen LogP) is 0.477. The van der Waals surface area contributed by atoms with E-state index in [1.54, 1.807) is 4.90 Å². The fourth-order valence-corrected chi connectivity index (χ4v) is 2.14. The first-order chi connectivity index (χ1) is 9.78. The van der Waals surface area contributed by atoms with Gasteiger partial charge in [-0.1, -0.05) is 0 Å². The number of carbonyl (C=O) groups is 2. The first kappa shape index (κ1) is 17.7. The van der Waals surface area contributed by atoms with Crippen LogP contribution in [-0.4, -0.2) is 61.4 Å². The van der Waals surface area contributed by atoms with Crippen molar-refractivity contribution in [3.05, 3.63) is 0 Å². The van der Waals surface area contributed by atoms with E-state index < -0.39 is 11.5 Å². The quantitative estimate of drug-likeness (QED) is 0.696. The number of piperidine rings is 1. The molecule has 0 radical (unpaired) electrons. The summed E-state index contributed by atoms with van der Waals surface area (Å²) in [5.41, 5.74) is 4.50. The van der Waals surface area contributed by atoms with Crippen LogP contribution in [0.15, 0.2) is 0 Å². The second-order valence-electron chi connectivity index (χ2n) is 6.24. The molecule has 1 unspecified atom stereocenters. The summed E-state index contributed by atoms with van der Waals surface area (Å²) in [5.74, 6) is -0.469. The molecule has 2 amide bonds. The van der Waals surface area contributed by atoms with Gasteiger partial charge < -0.3 is 25.4 Å². The monoisotopic (exact) mass is 301 g/mol. The van der Waals surface area contributed by atoms with Gasteiger partial charge in [0.05, 0.1) is 6.61 Å². The minimum atomic E-state index is -0.472. The molecule has 0 aromatic heterocycles. The molecule has 0 spiro atoms. The van der Waals surface area contributed by atoms with E-state index in [4.69, 9.17) is 15.2 Å². The van der Waals surface area contributed by atoms with Crippen molar-refractivity contribution in [2.24, 2.45) is 5.73 Å². The maximum absolute atomic E-state index is 12.0. The highest BCUT2D eigenvalue weighted by molar-refractivity contribution is 5.74. The fourth-order valence-electron chi connectivity index (χ4n) is 2.14. The van der Waals surface area contributed by atoms with Crippen molar-refractivity contribution < 1.29 is 19.1 Å². The SMILES string of the molecule is CC(C)(C)OC(=O)N1CCCC(NCCOCC(N)=O)C1. The largest absolute Gasteiger partial charge is 0.444 e. The molecule has 7 heteroatoms. The van der Waals surface area contributed by atoms with E-state index in [1.807, 2.05) is 20.8 Å². The lowest BCUT2D eigenvalue weighted by atomic mass is 10.1. The minimum absolute atomic E-state index is 0.0591. The molecule has 0 aromatic carbocycles. The molecule has 3 N–H and O–H groups in total. The average Bonchev–Trinajstić information content (AvgIpc) is 2.36. The molecule has 1 saturated heterocycles. The average molecular weight is 301 g/mol. The third-order valence-electron chi connectivity index (χ3n) is 3.00. The van der Waals surface area contributed by atoms with Gasteiger partial charge >= 0.3 is 6.09 Å². The van der Waals surface area contributed by atoms with Crippen molar-refractivity contribution in [1.82, 2.24) is 10.2 Å². The number of primary amides is 1. The smallest absolute Gasteiger partial charge is 0.410 e. The van der Waals surface area contributed by atoms with Gasteiger partial charge in [0.1, 0.15) is 12.2 Å². The molecule has 1 aliphatic rings. The summed E-state index contributed by atoms with van der Waals surface area (Å²) in [4.78, 5) is 24.3. The van der Waals surface area contributed by atoms with E-state index in [1.165, 1.54) is 0 Å². The van der Waals surface area contributed by atoms with Crippen molar-refractivity contribution in [2.75, 3.05) is 32.8 Å². The molecule has 21 heavy (non-hydrogen) atoms. The molecule has 7 nitrogen and oxygen atoms in total. The number of nitrogens with zero attached hydrogens (tertiary/aromatic N) is 1. The minimum Gasteiger partial charge on any atom is -0.444 e. The van der Waals surface area contributed by atoms with Crippen LogP contribution in [0.1, 0.15) is 33.6 Å². The zero-order valence-corrected chi connectivity index (χ0v) is 13.2. The second-order valence-corrected chi connectivity index (χ2v) is 6.24. The number of ether oxygens (including phenoxy) is 2. The number of rotatable bonds is 6. The molecule has 1 heterocycles. The highest BCUT2D eigenvalue weighted by atomic mass is 16.6. The summed E-state index contributed by atoms with van der Waals surface area (Å²) in [6, 6.07) is 0.225. The van der Waals surface area contributed by atoms with Gasteiger partial charge in [0.2, 0.25) is 5.91 Å². The van der Waals surface area contributed by atoms with Crippen LogP contribution in [0, 0.1) is 0 Å². The molecule has 0 bridgehead atoms. The van der Waals surface area contributed by atoms with Crippen molar-refractivity contribution in [1.29, 1.82) is 0 Å². The van der Waals surface area contributed by atoms with Crippen LogP contribution in [0.4, 0.5) is 4.79 Å². The number of hydrogen-bond donors (Lipinski definition) is 2.